The number of hydrogen-bond donors (Lipinski definition) is 2. The van der Waals surface area contributed by atoms with Crippen molar-refractivity contribution in [3.63, 3.8) is 0 Å². The Morgan fingerprint density at radius 3 is 2.40 bits per heavy atom. The quantitative estimate of drug-likeness (QED) is 0.301. The highest BCUT2D eigenvalue weighted by Gasteiger charge is 2.27. The Morgan fingerprint density at radius 2 is 1.80 bits per heavy atom. The van der Waals surface area contributed by atoms with E-state index in [1.165, 1.54) is 38.8 Å². The Kier molecular flexibility index (Phi) is 12.7. The van der Waals surface area contributed by atoms with E-state index in [0.29, 0.717) is 19.3 Å². The predicted octanol–water partition coefficient (Wildman–Crippen LogP) is 2.11. The second-order valence-corrected chi connectivity index (χ2v) is 6.73. The number of nitrogens with zero attached hydrogens (tertiary/aromatic N) is 2. The van der Waals surface area contributed by atoms with Crippen LogP contribution in [0.5, 0.6) is 0 Å². The average molecular weight is 357 g/mol. The maximum Gasteiger partial charge on any atom is 0.191 e. The highest BCUT2D eigenvalue weighted by Crippen LogP contribution is 2.22. The molecule has 0 amide bonds. The first-order valence-corrected chi connectivity index (χ1v) is 10.0. The van der Waals surface area contributed by atoms with E-state index in [2.05, 4.69) is 34.4 Å². The molecule has 1 unspecified atom stereocenters. The fourth-order valence-electron chi connectivity index (χ4n) is 3.55. The van der Waals surface area contributed by atoms with E-state index in [1.807, 2.05) is 7.05 Å². The maximum absolute atomic E-state index is 5.48. The van der Waals surface area contributed by atoms with Crippen LogP contribution in [0.1, 0.15) is 46.0 Å². The lowest BCUT2D eigenvalue weighted by atomic mass is 9.93. The highest BCUT2D eigenvalue weighted by molar-refractivity contribution is 5.79. The monoisotopic (exact) mass is 356 g/mol. The van der Waals surface area contributed by atoms with Crippen molar-refractivity contribution in [3.05, 3.63) is 0 Å². The number of nitrogens with one attached hydrogen (secondary N) is 2. The Bertz CT molecular complexity index is 340. The molecule has 0 aromatic rings. The number of hydrogen-bond acceptors (Lipinski definition) is 4. The van der Waals surface area contributed by atoms with Gasteiger partial charge in [-0.2, -0.15) is 0 Å². The van der Waals surface area contributed by atoms with E-state index in [9.17, 15) is 0 Å². The molecule has 6 heteroatoms. The third-order valence-corrected chi connectivity index (χ3v) is 5.09. The van der Waals surface area contributed by atoms with Crippen LogP contribution in [-0.4, -0.2) is 77.1 Å². The predicted molar refractivity (Wildman–Crippen MR) is 105 cm³/mol. The zero-order valence-corrected chi connectivity index (χ0v) is 16.9. The first-order valence-electron chi connectivity index (χ1n) is 10.0. The molecular formula is C19H40N4O2. The SMILES string of the molecule is CCC(CC)C(CNC(=NC)NCCCOCCOC)N1CCCC1. The minimum absolute atomic E-state index is 0.605. The number of aliphatic imine (C=N–C) groups is 1. The van der Waals surface area contributed by atoms with Crippen LogP contribution in [-0.2, 0) is 9.47 Å². The molecule has 1 aliphatic heterocycles. The molecule has 25 heavy (non-hydrogen) atoms. The molecule has 1 atom stereocenters. The zero-order chi connectivity index (χ0) is 18.3. The van der Waals surface area contributed by atoms with Crippen LogP contribution in [0.2, 0.25) is 0 Å². The topological polar surface area (TPSA) is 58.1 Å². The lowest BCUT2D eigenvalue weighted by Gasteiger charge is -2.34. The van der Waals surface area contributed by atoms with Gasteiger partial charge in [0.2, 0.25) is 0 Å². The fraction of sp³-hybridized carbons (Fsp3) is 0.947. The summed E-state index contributed by atoms with van der Waals surface area (Å²) < 4.78 is 10.4. The molecule has 1 rings (SSSR count). The van der Waals surface area contributed by atoms with Crippen molar-refractivity contribution in [2.24, 2.45) is 10.9 Å². The van der Waals surface area contributed by atoms with Gasteiger partial charge < -0.3 is 20.1 Å². The summed E-state index contributed by atoms with van der Waals surface area (Å²) in [4.78, 5) is 7.03. The summed E-state index contributed by atoms with van der Waals surface area (Å²) in [5.41, 5.74) is 0. The summed E-state index contributed by atoms with van der Waals surface area (Å²) in [5, 5.41) is 6.93. The minimum Gasteiger partial charge on any atom is -0.382 e. The van der Waals surface area contributed by atoms with E-state index < -0.39 is 0 Å². The van der Waals surface area contributed by atoms with Gasteiger partial charge >= 0.3 is 0 Å². The van der Waals surface area contributed by atoms with Gasteiger partial charge in [-0.1, -0.05) is 26.7 Å². The Balaban J connectivity index is 2.31. The Labute approximate surface area is 154 Å². The van der Waals surface area contributed by atoms with E-state index in [-0.39, 0.29) is 0 Å². The van der Waals surface area contributed by atoms with Crippen LogP contribution < -0.4 is 10.6 Å². The number of methoxy groups -OCH3 is 1. The van der Waals surface area contributed by atoms with Crippen molar-refractivity contribution in [2.45, 2.75) is 52.0 Å². The van der Waals surface area contributed by atoms with Crippen LogP contribution in [0, 0.1) is 5.92 Å². The van der Waals surface area contributed by atoms with Gasteiger partial charge in [-0.05, 0) is 38.3 Å². The maximum atomic E-state index is 5.48. The fourth-order valence-corrected chi connectivity index (χ4v) is 3.55. The van der Waals surface area contributed by atoms with Crippen molar-refractivity contribution in [3.8, 4) is 0 Å². The van der Waals surface area contributed by atoms with E-state index in [4.69, 9.17) is 9.47 Å². The van der Waals surface area contributed by atoms with Crippen molar-refractivity contribution < 1.29 is 9.47 Å². The molecule has 0 spiro atoms. The van der Waals surface area contributed by atoms with Crippen molar-refractivity contribution in [2.75, 3.05) is 60.2 Å². The third kappa shape index (κ3) is 8.88. The first-order chi connectivity index (χ1) is 12.3. The summed E-state index contributed by atoms with van der Waals surface area (Å²) in [6.45, 7) is 11.0. The van der Waals surface area contributed by atoms with Crippen molar-refractivity contribution >= 4 is 5.96 Å². The van der Waals surface area contributed by atoms with Gasteiger partial charge in [0.1, 0.15) is 0 Å². The molecule has 0 aromatic carbocycles. The molecule has 1 aliphatic rings. The van der Waals surface area contributed by atoms with E-state index >= 15 is 0 Å². The molecule has 0 aromatic heterocycles. The first kappa shape index (κ1) is 22.2. The second-order valence-electron chi connectivity index (χ2n) is 6.73. The molecule has 1 fully saturated rings. The van der Waals surface area contributed by atoms with Crippen LogP contribution >= 0.6 is 0 Å². The number of rotatable bonds is 13. The van der Waals surface area contributed by atoms with Gasteiger partial charge in [0.05, 0.1) is 13.2 Å². The molecule has 2 N–H and O–H groups in total. The van der Waals surface area contributed by atoms with E-state index in [0.717, 1.165) is 38.0 Å². The molecule has 0 saturated carbocycles. The molecule has 0 bridgehead atoms. The Hall–Kier alpha value is -0.850. The lowest BCUT2D eigenvalue weighted by molar-refractivity contribution is 0.0698. The third-order valence-electron chi connectivity index (χ3n) is 5.09. The minimum atomic E-state index is 0.605. The van der Waals surface area contributed by atoms with Gasteiger partial charge in [-0.15, -0.1) is 0 Å². The molecular weight excluding hydrogens is 316 g/mol. The second kappa shape index (κ2) is 14.3. The summed E-state index contributed by atoms with van der Waals surface area (Å²) >= 11 is 0. The largest absolute Gasteiger partial charge is 0.382 e. The summed E-state index contributed by atoms with van der Waals surface area (Å²) in [7, 11) is 3.53. The van der Waals surface area contributed by atoms with Crippen molar-refractivity contribution in [1.29, 1.82) is 0 Å². The zero-order valence-electron chi connectivity index (χ0n) is 16.9. The molecule has 0 radical (unpaired) electrons. The Morgan fingerprint density at radius 1 is 1.08 bits per heavy atom. The van der Waals surface area contributed by atoms with Crippen molar-refractivity contribution in [1.82, 2.24) is 15.5 Å². The van der Waals surface area contributed by atoms with Crippen LogP contribution in [0.15, 0.2) is 4.99 Å². The number of guanidine groups is 1. The summed E-state index contributed by atoms with van der Waals surface area (Å²) in [6, 6.07) is 0.605. The smallest absolute Gasteiger partial charge is 0.191 e. The van der Waals surface area contributed by atoms with Crippen LogP contribution in [0.4, 0.5) is 0 Å². The molecule has 0 aliphatic carbocycles. The summed E-state index contributed by atoms with van der Waals surface area (Å²) in [6.07, 6.45) is 6.13. The lowest BCUT2D eigenvalue weighted by Crippen LogP contribution is -2.49. The highest BCUT2D eigenvalue weighted by atomic mass is 16.5. The molecule has 6 nitrogen and oxygen atoms in total. The summed E-state index contributed by atoms with van der Waals surface area (Å²) in [5.74, 6) is 1.64. The molecule has 1 heterocycles. The van der Waals surface area contributed by atoms with Crippen LogP contribution in [0.3, 0.4) is 0 Å². The van der Waals surface area contributed by atoms with Gasteiger partial charge in [0.25, 0.3) is 0 Å². The van der Waals surface area contributed by atoms with Gasteiger partial charge in [0.15, 0.2) is 5.96 Å². The number of likely N-dealkylation sites (tertiary alicyclic amines) is 1. The van der Waals surface area contributed by atoms with E-state index in [1.54, 1.807) is 7.11 Å². The molecule has 1 saturated heterocycles. The standard InChI is InChI=1S/C19H40N4O2/c1-5-17(6-2)18(23-11-7-8-12-23)16-22-19(20-3)21-10-9-13-25-15-14-24-4/h17-18H,5-16H2,1-4H3,(H2,20,21,22). The number of ether oxygens (including phenoxy) is 2. The molecule has 148 valence electrons. The van der Waals surface area contributed by atoms with Gasteiger partial charge in [-0.25, -0.2) is 0 Å². The van der Waals surface area contributed by atoms with Gasteiger partial charge in [0, 0.05) is 39.9 Å². The average Bonchev–Trinajstić information content (AvgIpc) is 3.16. The van der Waals surface area contributed by atoms with Crippen LogP contribution in [0.25, 0.3) is 0 Å². The van der Waals surface area contributed by atoms with Gasteiger partial charge in [-0.3, -0.25) is 9.89 Å². The normalized spacial score (nSPS) is 17.2.